The summed E-state index contributed by atoms with van der Waals surface area (Å²) in [5.41, 5.74) is 1.04. The second-order valence-electron chi connectivity index (χ2n) is 4.09. The van der Waals surface area contributed by atoms with Crippen LogP contribution in [-0.2, 0) is 16.0 Å². The fraction of sp³-hybridized carbons (Fsp3) is 0.385. The summed E-state index contributed by atoms with van der Waals surface area (Å²) in [6.07, 6.45) is 0.899. The van der Waals surface area contributed by atoms with Crippen LogP contribution < -0.4 is 10.1 Å². The fourth-order valence-electron chi connectivity index (χ4n) is 1.94. The molecule has 17 heavy (non-hydrogen) atoms. The Bertz CT molecular complexity index is 425. The molecule has 1 fully saturated rings. The van der Waals surface area contributed by atoms with E-state index in [1.165, 1.54) is 0 Å². The minimum atomic E-state index is -0.222. The van der Waals surface area contributed by atoms with Crippen molar-refractivity contribution >= 4 is 11.8 Å². The van der Waals surface area contributed by atoms with Gasteiger partial charge in [0.2, 0.25) is 11.8 Å². The van der Waals surface area contributed by atoms with Crippen LogP contribution in [0.3, 0.4) is 0 Å². The molecule has 0 unspecified atom stereocenters. The zero-order chi connectivity index (χ0) is 12.3. The first-order chi connectivity index (χ1) is 8.19. The molecule has 1 aliphatic heterocycles. The number of carbonyl (C=O) groups excluding carboxylic acids is 2. The van der Waals surface area contributed by atoms with E-state index in [2.05, 4.69) is 5.32 Å². The van der Waals surface area contributed by atoms with Crippen molar-refractivity contribution in [3.63, 3.8) is 0 Å². The number of carbonyl (C=O) groups is 2. The predicted molar refractivity (Wildman–Crippen MR) is 62.6 cm³/mol. The van der Waals surface area contributed by atoms with Crippen LogP contribution in [0, 0.1) is 5.92 Å². The fourth-order valence-corrected chi connectivity index (χ4v) is 1.94. The Morgan fingerprint density at radius 2 is 2.00 bits per heavy atom. The number of ether oxygens (including phenoxy) is 1. The quantitative estimate of drug-likeness (QED) is 0.797. The van der Waals surface area contributed by atoms with E-state index >= 15 is 0 Å². The summed E-state index contributed by atoms with van der Waals surface area (Å²) in [5, 5.41) is 2.32. The van der Waals surface area contributed by atoms with Gasteiger partial charge >= 0.3 is 0 Å². The Kier molecular flexibility index (Phi) is 3.42. The molecule has 0 aliphatic carbocycles. The van der Waals surface area contributed by atoms with Crippen LogP contribution in [-0.4, -0.2) is 18.4 Å². The van der Waals surface area contributed by atoms with Crippen molar-refractivity contribution < 1.29 is 14.3 Å². The topological polar surface area (TPSA) is 55.4 Å². The SMILES string of the molecule is CCOc1ccc(C[C@H]2CC(=O)NC2=O)cc1. The number of nitrogens with one attached hydrogen (secondary N) is 1. The lowest BCUT2D eigenvalue weighted by atomic mass is 9.98. The molecule has 4 nitrogen and oxygen atoms in total. The van der Waals surface area contributed by atoms with Crippen LogP contribution in [0.5, 0.6) is 5.75 Å². The van der Waals surface area contributed by atoms with Crippen molar-refractivity contribution in [1.82, 2.24) is 5.32 Å². The summed E-state index contributed by atoms with van der Waals surface area (Å²) in [4.78, 5) is 22.4. The molecule has 1 aliphatic rings. The molecule has 0 radical (unpaired) electrons. The zero-order valence-electron chi connectivity index (χ0n) is 9.73. The molecule has 2 amide bonds. The van der Waals surface area contributed by atoms with Crippen molar-refractivity contribution in [2.75, 3.05) is 6.61 Å². The lowest BCUT2D eigenvalue weighted by Crippen LogP contribution is -2.22. The first-order valence-corrected chi connectivity index (χ1v) is 5.74. The first kappa shape index (κ1) is 11.6. The van der Waals surface area contributed by atoms with Gasteiger partial charge in [0.15, 0.2) is 0 Å². The molecule has 2 rings (SSSR count). The van der Waals surface area contributed by atoms with Gasteiger partial charge in [-0.15, -0.1) is 0 Å². The number of amides is 2. The van der Waals surface area contributed by atoms with Crippen molar-refractivity contribution in [2.24, 2.45) is 5.92 Å². The van der Waals surface area contributed by atoms with E-state index < -0.39 is 0 Å². The minimum Gasteiger partial charge on any atom is -0.494 e. The summed E-state index contributed by atoms with van der Waals surface area (Å²) in [7, 11) is 0. The van der Waals surface area contributed by atoms with Gasteiger partial charge in [-0.1, -0.05) is 12.1 Å². The summed E-state index contributed by atoms with van der Waals surface area (Å²) < 4.78 is 5.34. The van der Waals surface area contributed by atoms with E-state index in [1.807, 2.05) is 31.2 Å². The molecule has 0 aromatic heterocycles. The maximum atomic E-state index is 11.4. The van der Waals surface area contributed by atoms with E-state index in [0.29, 0.717) is 19.4 Å². The third kappa shape index (κ3) is 2.84. The van der Waals surface area contributed by atoms with Gasteiger partial charge in [-0.2, -0.15) is 0 Å². The molecule has 1 atom stereocenters. The monoisotopic (exact) mass is 233 g/mol. The van der Waals surface area contributed by atoms with E-state index in [0.717, 1.165) is 11.3 Å². The van der Waals surface area contributed by atoms with Crippen molar-refractivity contribution in [1.29, 1.82) is 0 Å². The molecule has 0 spiro atoms. The summed E-state index contributed by atoms with van der Waals surface area (Å²) in [6.45, 7) is 2.57. The Balaban J connectivity index is 1.99. The highest BCUT2D eigenvalue weighted by molar-refractivity contribution is 6.03. The molecular formula is C13H15NO3. The molecule has 0 saturated carbocycles. The van der Waals surface area contributed by atoms with E-state index in [1.54, 1.807) is 0 Å². The van der Waals surface area contributed by atoms with Gasteiger partial charge in [0.1, 0.15) is 5.75 Å². The summed E-state index contributed by atoms with van der Waals surface area (Å²) in [6, 6.07) is 7.63. The van der Waals surface area contributed by atoms with Crippen LogP contribution >= 0.6 is 0 Å². The highest BCUT2D eigenvalue weighted by Gasteiger charge is 2.30. The van der Waals surface area contributed by atoms with Crippen LogP contribution in [0.2, 0.25) is 0 Å². The molecule has 0 bridgehead atoms. The maximum absolute atomic E-state index is 11.4. The molecule has 1 N–H and O–H groups in total. The average Bonchev–Trinajstić information content (AvgIpc) is 2.61. The second-order valence-corrected chi connectivity index (χ2v) is 4.09. The summed E-state index contributed by atoms with van der Waals surface area (Å²) in [5.74, 6) is 0.262. The Morgan fingerprint density at radius 3 is 2.53 bits per heavy atom. The Labute approximate surface area is 100.0 Å². The lowest BCUT2D eigenvalue weighted by Gasteiger charge is -2.07. The zero-order valence-corrected chi connectivity index (χ0v) is 9.73. The molecule has 90 valence electrons. The number of rotatable bonds is 4. The van der Waals surface area contributed by atoms with Gasteiger partial charge in [0.25, 0.3) is 0 Å². The molecule has 1 heterocycles. The first-order valence-electron chi connectivity index (χ1n) is 5.74. The minimum absolute atomic E-state index is 0.163. The Morgan fingerprint density at radius 1 is 1.29 bits per heavy atom. The number of imide groups is 1. The van der Waals surface area contributed by atoms with Crippen LogP contribution in [0.1, 0.15) is 18.9 Å². The third-order valence-electron chi connectivity index (χ3n) is 2.78. The van der Waals surface area contributed by atoms with Crippen LogP contribution in [0.4, 0.5) is 0 Å². The molecule has 4 heteroatoms. The largest absolute Gasteiger partial charge is 0.494 e. The summed E-state index contributed by atoms with van der Waals surface area (Å²) >= 11 is 0. The van der Waals surface area contributed by atoms with E-state index in [9.17, 15) is 9.59 Å². The number of hydrogen-bond donors (Lipinski definition) is 1. The average molecular weight is 233 g/mol. The van der Waals surface area contributed by atoms with Crippen LogP contribution in [0.25, 0.3) is 0 Å². The van der Waals surface area contributed by atoms with Crippen molar-refractivity contribution in [3.8, 4) is 5.75 Å². The van der Waals surface area contributed by atoms with Crippen molar-refractivity contribution in [3.05, 3.63) is 29.8 Å². The number of benzene rings is 1. The highest BCUT2D eigenvalue weighted by Crippen LogP contribution is 2.19. The molecule has 1 saturated heterocycles. The van der Waals surface area contributed by atoms with Gasteiger partial charge < -0.3 is 4.74 Å². The van der Waals surface area contributed by atoms with Crippen molar-refractivity contribution in [2.45, 2.75) is 19.8 Å². The van der Waals surface area contributed by atoms with Gasteiger partial charge in [-0.05, 0) is 31.0 Å². The molecule has 1 aromatic carbocycles. The van der Waals surface area contributed by atoms with Gasteiger partial charge in [-0.3, -0.25) is 14.9 Å². The van der Waals surface area contributed by atoms with E-state index in [4.69, 9.17) is 4.74 Å². The Hall–Kier alpha value is -1.84. The highest BCUT2D eigenvalue weighted by atomic mass is 16.5. The third-order valence-corrected chi connectivity index (χ3v) is 2.78. The van der Waals surface area contributed by atoms with Gasteiger partial charge in [0.05, 0.1) is 12.5 Å². The maximum Gasteiger partial charge on any atom is 0.230 e. The standard InChI is InChI=1S/C13H15NO3/c1-2-17-11-5-3-9(4-6-11)7-10-8-12(15)14-13(10)16/h3-6,10H,2,7-8H2,1H3,(H,14,15,16)/t10-/m0/s1. The van der Waals surface area contributed by atoms with E-state index in [-0.39, 0.29) is 17.7 Å². The predicted octanol–water partition coefficient (Wildman–Crippen LogP) is 1.29. The smallest absolute Gasteiger partial charge is 0.230 e. The lowest BCUT2D eigenvalue weighted by molar-refractivity contribution is -0.125. The number of hydrogen-bond acceptors (Lipinski definition) is 3. The van der Waals surface area contributed by atoms with Gasteiger partial charge in [-0.25, -0.2) is 0 Å². The normalized spacial score (nSPS) is 19.2. The molecular weight excluding hydrogens is 218 g/mol. The second kappa shape index (κ2) is 4.99. The molecule has 1 aromatic rings. The van der Waals surface area contributed by atoms with Crippen LogP contribution in [0.15, 0.2) is 24.3 Å². The van der Waals surface area contributed by atoms with Gasteiger partial charge in [0, 0.05) is 6.42 Å².